The van der Waals surface area contributed by atoms with Crippen LogP contribution in [0.25, 0.3) is 11.4 Å². The first-order chi connectivity index (χ1) is 8.95. The van der Waals surface area contributed by atoms with Crippen LogP contribution in [0.1, 0.15) is 19.4 Å². The average Bonchev–Trinajstić information content (AvgIpc) is 2.30. The van der Waals surface area contributed by atoms with Crippen molar-refractivity contribution in [3.05, 3.63) is 34.9 Å². The number of hydrogen-bond donors (Lipinski definition) is 0. The van der Waals surface area contributed by atoms with Crippen LogP contribution in [0.5, 0.6) is 6.01 Å². The van der Waals surface area contributed by atoms with E-state index in [-0.39, 0.29) is 23.2 Å². The number of aryl methyl sites for hydroxylation is 1. The molecule has 4 nitrogen and oxygen atoms in total. The zero-order valence-electron chi connectivity index (χ0n) is 10.8. The van der Waals surface area contributed by atoms with Crippen molar-refractivity contribution >= 4 is 11.6 Å². The van der Waals surface area contributed by atoms with Gasteiger partial charge in [0.25, 0.3) is 0 Å². The third-order valence-corrected chi connectivity index (χ3v) is 2.54. The van der Waals surface area contributed by atoms with Gasteiger partial charge in [0.2, 0.25) is 5.28 Å². The Morgan fingerprint density at radius 1 is 1.21 bits per heavy atom. The summed E-state index contributed by atoms with van der Waals surface area (Å²) in [5, 5.41) is 0.0179. The Balaban J connectivity index is 2.49. The van der Waals surface area contributed by atoms with Gasteiger partial charge < -0.3 is 4.74 Å². The highest BCUT2D eigenvalue weighted by Crippen LogP contribution is 2.23. The van der Waals surface area contributed by atoms with Crippen LogP contribution < -0.4 is 4.74 Å². The van der Waals surface area contributed by atoms with Crippen molar-refractivity contribution < 1.29 is 9.13 Å². The van der Waals surface area contributed by atoms with Gasteiger partial charge in [0.05, 0.1) is 6.10 Å². The van der Waals surface area contributed by atoms with Gasteiger partial charge in [-0.25, -0.2) is 4.39 Å². The molecule has 0 fully saturated rings. The molecule has 0 N–H and O–H groups in total. The molecule has 0 saturated carbocycles. The second kappa shape index (κ2) is 5.48. The molecule has 1 heterocycles. The van der Waals surface area contributed by atoms with E-state index in [0.717, 1.165) is 5.56 Å². The van der Waals surface area contributed by atoms with Crippen LogP contribution in [0.4, 0.5) is 4.39 Å². The number of benzene rings is 1. The maximum atomic E-state index is 13.3. The zero-order chi connectivity index (χ0) is 14.0. The lowest BCUT2D eigenvalue weighted by Gasteiger charge is -2.10. The van der Waals surface area contributed by atoms with Gasteiger partial charge in [-0.3, -0.25) is 0 Å². The van der Waals surface area contributed by atoms with Gasteiger partial charge in [-0.15, -0.1) is 0 Å². The summed E-state index contributed by atoms with van der Waals surface area (Å²) in [7, 11) is 0. The van der Waals surface area contributed by atoms with Gasteiger partial charge >= 0.3 is 6.01 Å². The predicted molar refractivity (Wildman–Crippen MR) is 70.7 cm³/mol. The van der Waals surface area contributed by atoms with Crippen LogP contribution in [0, 0.1) is 12.7 Å². The summed E-state index contributed by atoms with van der Waals surface area (Å²) in [6.45, 7) is 5.55. The quantitative estimate of drug-likeness (QED) is 0.865. The molecule has 2 aromatic rings. The highest BCUT2D eigenvalue weighted by atomic mass is 35.5. The molecule has 0 saturated heterocycles. The fourth-order valence-corrected chi connectivity index (χ4v) is 1.70. The molecule has 0 bridgehead atoms. The normalized spacial score (nSPS) is 10.8. The predicted octanol–water partition coefficient (Wildman–Crippen LogP) is 3.43. The van der Waals surface area contributed by atoms with Crippen molar-refractivity contribution in [1.29, 1.82) is 0 Å². The molecule has 2 rings (SSSR count). The molecule has 19 heavy (non-hydrogen) atoms. The molecule has 0 aliphatic carbocycles. The molecule has 0 spiro atoms. The van der Waals surface area contributed by atoms with Gasteiger partial charge in [-0.05, 0) is 50.1 Å². The first-order valence-corrected chi connectivity index (χ1v) is 6.18. The van der Waals surface area contributed by atoms with Crippen LogP contribution in [-0.2, 0) is 0 Å². The van der Waals surface area contributed by atoms with Crippen LogP contribution >= 0.6 is 11.6 Å². The molecule has 0 aliphatic heterocycles. The van der Waals surface area contributed by atoms with E-state index in [0.29, 0.717) is 11.4 Å². The fourth-order valence-electron chi connectivity index (χ4n) is 1.55. The molecule has 0 unspecified atom stereocenters. The van der Waals surface area contributed by atoms with E-state index in [1.54, 1.807) is 6.07 Å². The lowest BCUT2D eigenvalue weighted by Crippen LogP contribution is -2.09. The first kappa shape index (κ1) is 13.7. The summed E-state index contributed by atoms with van der Waals surface area (Å²) in [5.74, 6) is -0.0592. The topological polar surface area (TPSA) is 47.9 Å². The average molecular weight is 282 g/mol. The van der Waals surface area contributed by atoms with E-state index in [2.05, 4.69) is 15.0 Å². The monoisotopic (exact) mass is 281 g/mol. The molecule has 1 aromatic heterocycles. The van der Waals surface area contributed by atoms with E-state index in [4.69, 9.17) is 16.3 Å². The van der Waals surface area contributed by atoms with Crippen molar-refractivity contribution in [3.8, 4) is 17.4 Å². The third kappa shape index (κ3) is 3.38. The molecule has 100 valence electrons. The molecule has 0 radical (unpaired) electrons. The third-order valence-electron chi connectivity index (χ3n) is 2.37. The molecular weight excluding hydrogens is 269 g/mol. The highest BCUT2D eigenvalue weighted by Gasteiger charge is 2.12. The van der Waals surface area contributed by atoms with E-state index < -0.39 is 0 Å². The van der Waals surface area contributed by atoms with E-state index in [1.807, 2.05) is 20.8 Å². The Morgan fingerprint density at radius 2 is 1.95 bits per heavy atom. The second-order valence-corrected chi connectivity index (χ2v) is 4.67. The Labute approximate surface area is 115 Å². The molecular formula is C13H13ClFN3O. The van der Waals surface area contributed by atoms with Gasteiger partial charge in [0.1, 0.15) is 5.82 Å². The van der Waals surface area contributed by atoms with Crippen LogP contribution in [0.3, 0.4) is 0 Å². The lowest BCUT2D eigenvalue weighted by molar-refractivity contribution is 0.222. The summed E-state index contributed by atoms with van der Waals surface area (Å²) >= 11 is 5.84. The van der Waals surface area contributed by atoms with Crippen LogP contribution in [-0.4, -0.2) is 21.1 Å². The number of aromatic nitrogens is 3. The van der Waals surface area contributed by atoms with E-state index >= 15 is 0 Å². The Bertz CT molecular complexity index is 604. The summed E-state index contributed by atoms with van der Waals surface area (Å²) in [4.78, 5) is 12.0. The van der Waals surface area contributed by atoms with Gasteiger partial charge in [-0.2, -0.15) is 15.0 Å². The van der Waals surface area contributed by atoms with Crippen molar-refractivity contribution in [1.82, 2.24) is 15.0 Å². The largest absolute Gasteiger partial charge is 0.461 e. The SMILES string of the molecule is Cc1ccc(F)cc1-c1nc(Cl)nc(OC(C)C)n1. The first-order valence-electron chi connectivity index (χ1n) is 5.80. The van der Waals surface area contributed by atoms with Crippen molar-refractivity contribution in [2.75, 3.05) is 0 Å². The molecule has 6 heteroatoms. The summed E-state index contributed by atoms with van der Waals surface area (Å²) in [5.41, 5.74) is 1.41. The summed E-state index contributed by atoms with van der Waals surface area (Å²) in [6.07, 6.45) is -0.0834. The fraction of sp³-hybridized carbons (Fsp3) is 0.308. The summed E-state index contributed by atoms with van der Waals surface area (Å²) < 4.78 is 18.7. The number of halogens is 2. The minimum Gasteiger partial charge on any atom is -0.461 e. The summed E-state index contributed by atoms with van der Waals surface area (Å²) in [6, 6.07) is 4.53. The van der Waals surface area contributed by atoms with Crippen LogP contribution in [0.15, 0.2) is 18.2 Å². The molecule has 0 atom stereocenters. The number of hydrogen-bond acceptors (Lipinski definition) is 4. The standard InChI is InChI=1S/C13H13ClFN3O/c1-7(2)19-13-17-11(16-12(14)18-13)10-6-9(15)5-4-8(10)3/h4-7H,1-3H3. The second-order valence-electron chi connectivity index (χ2n) is 4.34. The van der Waals surface area contributed by atoms with E-state index in [1.165, 1.54) is 12.1 Å². The highest BCUT2D eigenvalue weighted by molar-refractivity contribution is 6.28. The van der Waals surface area contributed by atoms with Crippen LogP contribution in [0.2, 0.25) is 5.28 Å². The maximum Gasteiger partial charge on any atom is 0.321 e. The smallest absolute Gasteiger partial charge is 0.321 e. The Hall–Kier alpha value is -1.75. The number of nitrogens with zero attached hydrogens (tertiary/aromatic N) is 3. The van der Waals surface area contributed by atoms with Gasteiger partial charge in [0.15, 0.2) is 5.82 Å². The molecule has 0 amide bonds. The zero-order valence-corrected chi connectivity index (χ0v) is 11.6. The number of rotatable bonds is 3. The Morgan fingerprint density at radius 3 is 2.63 bits per heavy atom. The molecule has 0 aliphatic rings. The lowest BCUT2D eigenvalue weighted by atomic mass is 10.1. The van der Waals surface area contributed by atoms with Crippen molar-refractivity contribution in [2.45, 2.75) is 26.9 Å². The molecule has 1 aromatic carbocycles. The number of ether oxygens (including phenoxy) is 1. The Kier molecular flexibility index (Phi) is 3.95. The van der Waals surface area contributed by atoms with Crippen molar-refractivity contribution in [2.24, 2.45) is 0 Å². The van der Waals surface area contributed by atoms with Crippen molar-refractivity contribution in [3.63, 3.8) is 0 Å². The maximum absolute atomic E-state index is 13.3. The van der Waals surface area contributed by atoms with Gasteiger partial charge in [0, 0.05) is 5.56 Å². The minimum absolute atomic E-state index is 0.0179. The van der Waals surface area contributed by atoms with E-state index in [9.17, 15) is 4.39 Å². The minimum atomic E-state index is -0.358. The van der Waals surface area contributed by atoms with Gasteiger partial charge in [-0.1, -0.05) is 6.07 Å².